The minimum absolute atomic E-state index is 0.0277. The number of benzene rings is 6. The van der Waals surface area contributed by atoms with Crippen molar-refractivity contribution in [1.82, 2.24) is 9.13 Å². The van der Waals surface area contributed by atoms with E-state index in [9.17, 15) is 0 Å². The molecule has 5 nitrogen and oxygen atoms in total. The topological polar surface area (TPSA) is 60.6 Å². The highest BCUT2D eigenvalue weighted by molar-refractivity contribution is 8.00. The number of amidine groups is 1. The fraction of sp³-hybridized carbons (Fsp3) is 0.115. The van der Waals surface area contributed by atoms with Gasteiger partial charge in [0.2, 0.25) is 5.96 Å². The van der Waals surface area contributed by atoms with Crippen LogP contribution in [0.1, 0.15) is 30.9 Å². The van der Waals surface area contributed by atoms with Gasteiger partial charge in [-0.1, -0.05) is 134 Å². The van der Waals surface area contributed by atoms with E-state index in [-0.39, 0.29) is 6.04 Å². The van der Waals surface area contributed by atoms with E-state index in [0.29, 0.717) is 23.0 Å². The van der Waals surface area contributed by atoms with Gasteiger partial charge in [-0.25, -0.2) is 0 Å². The van der Waals surface area contributed by atoms with Crippen LogP contribution in [0, 0.1) is 5.92 Å². The second kappa shape index (κ2) is 14.1. The van der Waals surface area contributed by atoms with Gasteiger partial charge in [0.1, 0.15) is 0 Å². The Morgan fingerprint density at radius 1 is 0.707 bits per heavy atom. The van der Waals surface area contributed by atoms with Gasteiger partial charge in [0.05, 0.1) is 28.1 Å². The third-order valence-electron chi connectivity index (χ3n) is 12.0. The molecule has 8 aromatic rings. The molecule has 11 rings (SSSR count). The molecule has 2 aliphatic carbocycles. The quantitative estimate of drug-likeness (QED) is 0.140. The molecule has 0 saturated heterocycles. The number of thioether (sulfide) groups is 1. The van der Waals surface area contributed by atoms with Crippen LogP contribution in [-0.2, 0) is 0 Å². The van der Waals surface area contributed by atoms with Crippen LogP contribution in [0.4, 0.5) is 0 Å². The molecule has 0 bridgehead atoms. The molecule has 0 radical (unpaired) electrons. The number of rotatable bonds is 5. The third-order valence-corrected chi connectivity index (χ3v) is 13.4. The lowest BCUT2D eigenvalue weighted by Gasteiger charge is -2.19. The summed E-state index contributed by atoms with van der Waals surface area (Å²) in [5, 5.41) is 5.23. The normalized spacial score (nSPS) is 18.5. The maximum absolute atomic E-state index is 7.11. The van der Waals surface area contributed by atoms with Crippen molar-refractivity contribution >= 4 is 78.4 Å². The van der Waals surface area contributed by atoms with Crippen LogP contribution < -0.4 is 5.73 Å². The second-order valence-electron chi connectivity index (χ2n) is 15.4. The van der Waals surface area contributed by atoms with Crippen molar-refractivity contribution in [3.05, 3.63) is 187 Å². The zero-order valence-electron chi connectivity index (χ0n) is 32.2. The molecule has 0 spiro atoms. The predicted molar refractivity (Wildman–Crippen MR) is 247 cm³/mol. The van der Waals surface area contributed by atoms with E-state index < -0.39 is 0 Å². The number of aromatic nitrogens is 2. The predicted octanol–water partition coefficient (Wildman–Crippen LogP) is 12.5. The maximum Gasteiger partial charge on any atom is 0.207 e. The summed E-state index contributed by atoms with van der Waals surface area (Å²) in [6.45, 7) is 2.16. The highest BCUT2D eigenvalue weighted by Gasteiger charge is 2.30. The number of aliphatic imine (C=N–C) groups is 2. The minimum atomic E-state index is 0.0277. The SMILES string of the molecule is CC(N=C(N=C(N)n1c2ccccc2c2c(-c3ccc4c(c3)c3ccccc3n4C3=CCC4Sc5ccccc5C4=C3)cccc21)c1ccccc1)C1C=CC=CC1. The van der Waals surface area contributed by atoms with Gasteiger partial charge < -0.3 is 10.3 Å². The van der Waals surface area contributed by atoms with Gasteiger partial charge >= 0.3 is 0 Å². The van der Waals surface area contributed by atoms with Crippen molar-refractivity contribution in [3.63, 3.8) is 0 Å². The first-order chi connectivity index (χ1) is 28.6. The van der Waals surface area contributed by atoms with E-state index in [1.807, 2.05) is 30.0 Å². The van der Waals surface area contributed by atoms with Crippen molar-refractivity contribution < 1.29 is 0 Å². The summed E-state index contributed by atoms with van der Waals surface area (Å²) in [6.07, 6.45) is 15.5. The Balaban J connectivity index is 1.05. The Hall–Kier alpha value is -6.63. The number of hydrogen-bond acceptors (Lipinski definition) is 2. The molecule has 280 valence electrons. The van der Waals surface area contributed by atoms with Gasteiger partial charge in [0.15, 0.2) is 5.84 Å². The largest absolute Gasteiger partial charge is 0.369 e. The van der Waals surface area contributed by atoms with Crippen molar-refractivity contribution in [2.45, 2.75) is 36.0 Å². The van der Waals surface area contributed by atoms with Crippen LogP contribution in [0.2, 0.25) is 0 Å². The lowest BCUT2D eigenvalue weighted by atomic mass is 9.94. The van der Waals surface area contributed by atoms with Gasteiger partial charge in [-0.15, -0.1) is 11.8 Å². The first-order valence-electron chi connectivity index (χ1n) is 20.2. The smallest absolute Gasteiger partial charge is 0.207 e. The van der Waals surface area contributed by atoms with Gasteiger partial charge in [0, 0.05) is 48.9 Å². The zero-order valence-corrected chi connectivity index (χ0v) is 33.0. The van der Waals surface area contributed by atoms with Crippen molar-refractivity contribution in [2.75, 3.05) is 0 Å². The van der Waals surface area contributed by atoms with Crippen LogP contribution >= 0.6 is 11.8 Å². The second-order valence-corrected chi connectivity index (χ2v) is 16.7. The lowest BCUT2D eigenvalue weighted by Crippen LogP contribution is -2.25. The van der Waals surface area contributed by atoms with Gasteiger partial charge in [-0.2, -0.15) is 4.99 Å². The van der Waals surface area contributed by atoms with Crippen LogP contribution in [0.25, 0.3) is 66.0 Å². The van der Waals surface area contributed by atoms with E-state index in [0.717, 1.165) is 51.3 Å². The number of nitrogens with two attached hydrogens (primary N) is 1. The number of para-hydroxylation sites is 2. The van der Waals surface area contributed by atoms with Gasteiger partial charge in [0.25, 0.3) is 0 Å². The van der Waals surface area contributed by atoms with E-state index in [2.05, 4.69) is 174 Å². The molecule has 3 atom stereocenters. The summed E-state index contributed by atoms with van der Waals surface area (Å²) in [5.41, 5.74) is 18.8. The van der Waals surface area contributed by atoms with E-state index in [1.54, 1.807) is 0 Å². The number of fused-ring (bicyclic) bond motifs is 9. The standard InChI is InChI=1S/C52H41N5S/c1-33(34-15-4-2-5-16-34)54-51(35-17-6-3-7-18-35)55-52(53)57-45-24-12-9-21-41(45)50-38(22-14-25-47(50)57)36-27-29-46-42(31-36)39-19-8-11-23-44(39)56(46)37-28-30-49-43(32-37)40-20-10-13-26-48(40)58-49/h2-15,17-29,31-34,49H,16,30H2,1H3,(H2,53,54,55). The fourth-order valence-electron chi connectivity index (χ4n) is 9.23. The summed E-state index contributed by atoms with van der Waals surface area (Å²) >= 11 is 1.99. The maximum atomic E-state index is 7.11. The molecule has 6 heteroatoms. The molecular formula is C52H41N5S. The average molecular weight is 768 g/mol. The molecule has 0 amide bonds. The number of nitrogens with zero attached hydrogens (tertiary/aromatic N) is 4. The Morgan fingerprint density at radius 2 is 1.45 bits per heavy atom. The van der Waals surface area contributed by atoms with E-state index >= 15 is 0 Å². The van der Waals surface area contributed by atoms with Gasteiger partial charge in [-0.3, -0.25) is 9.56 Å². The average Bonchev–Trinajstić information content (AvgIpc) is 3.94. The molecule has 3 aliphatic rings. The van der Waals surface area contributed by atoms with Crippen LogP contribution in [-0.4, -0.2) is 32.2 Å². The van der Waals surface area contributed by atoms with Crippen LogP contribution in [0.3, 0.4) is 0 Å². The molecule has 6 aromatic carbocycles. The summed E-state index contributed by atoms with van der Waals surface area (Å²) < 4.78 is 4.56. The summed E-state index contributed by atoms with van der Waals surface area (Å²) in [7, 11) is 0. The number of hydrogen-bond donors (Lipinski definition) is 1. The van der Waals surface area contributed by atoms with E-state index in [1.165, 1.54) is 43.5 Å². The third kappa shape index (κ3) is 5.70. The zero-order chi connectivity index (χ0) is 38.7. The molecule has 3 heterocycles. The first-order valence-corrected chi connectivity index (χ1v) is 21.0. The summed E-state index contributed by atoms with van der Waals surface area (Å²) in [4.78, 5) is 11.7. The van der Waals surface area contributed by atoms with Crippen molar-refractivity contribution in [2.24, 2.45) is 21.6 Å². The molecule has 0 fully saturated rings. The molecule has 2 N–H and O–H groups in total. The van der Waals surface area contributed by atoms with Crippen molar-refractivity contribution in [1.29, 1.82) is 0 Å². The first kappa shape index (κ1) is 34.6. The Morgan fingerprint density at radius 3 is 2.31 bits per heavy atom. The van der Waals surface area contributed by atoms with Crippen LogP contribution in [0.15, 0.2) is 191 Å². The molecule has 0 saturated carbocycles. The minimum Gasteiger partial charge on any atom is -0.369 e. The monoisotopic (exact) mass is 767 g/mol. The molecular weight excluding hydrogens is 727 g/mol. The highest BCUT2D eigenvalue weighted by atomic mass is 32.2. The highest BCUT2D eigenvalue weighted by Crippen LogP contribution is 2.50. The molecule has 2 aromatic heterocycles. The van der Waals surface area contributed by atoms with Gasteiger partial charge in [-0.05, 0) is 84.5 Å². The van der Waals surface area contributed by atoms with Crippen molar-refractivity contribution in [3.8, 4) is 11.1 Å². The molecule has 1 aliphatic heterocycles. The lowest BCUT2D eigenvalue weighted by molar-refractivity contribution is 0.540. The van der Waals surface area contributed by atoms with Crippen LogP contribution in [0.5, 0.6) is 0 Å². The molecule has 3 unspecified atom stereocenters. The number of allylic oxidation sites excluding steroid dienone is 6. The Labute approximate surface area is 341 Å². The summed E-state index contributed by atoms with van der Waals surface area (Å²) in [5.74, 6) is 1.32. The molecule has 58 heavy (non-hydrogen) atoms. The fourth-order valence-corrected chi connectivity index (χ4v) is 10.5. The Kier molecular flexibility index (Phi) is 8.40. The Bertz CT molecular complexity index is 3130. The summed E-state index contributed by atoms with van der Waals surface area (Å²) in [6, 6.07) is 49.9. The van der Waals surface area contributed by atoms with E-state index in [4.69, 9.17) is 15.7 Å².